The number of carbonyl (C=O) groups excluding carboxylic acids is 1. The van der Waals surface area contributed by atoms with Crippen LogP contribution in [0.15, 0.2) is 41.7 Å². The largest absolute Gasteiger partial charge is 0.462 e. The molecule has 2 heterocycles. The number of hydrogen-bond donors (Lipinski definition) is 0. The molecule has 2 aliphatic heterocycles. The average Bonchev–Trinajstić information content (AvgIpc) is 3.24. The predicted molar refractivity (Wildman–Crippen MR) is 119 cm³/mol. The summed E-state index contributed by atoms with van der Waals surface area (Å²) in [5.41, 5.74) is 0.972. The Kier molecular flexibility index (Phi) is 8.86. The van der Waals surface area contributed by atoms with Crippen LogP contribution in [0.5, 0.6) is 0 Å². The number of hydrogen-bond acceptors (Lipinski definition) is 9. The van der Waals surface area contributed by atoms with Crippen molar-refractivity contribution in [2.75, 3.05) is 19.8 Å². The fraction of sp³-hybridized carbons (Fsp3) is 0.609. The van der Waals surface area contributed by atoms with Crippen molar-refractivity contribution in [3.63, 3.8) is 0 Å². The van der Waals surface area contributed by atoms with Crippen molar-refractivity contribution in [2.45, 2.75) is 71.6 Å². The minimum absolute atomic E-state index is 0.0844. The molecule has 3 rings (SSSR count). The lowest BCUT2D eigenvalue weighted by atomic mass is 10.1. The maximum absolute atomic E-state index is 13.5. The van der Waals surface area contributed by atoms with Gasteiger partial charge in [0.1, 0.15) is 23.6 Å². The highest BCUT2D eigenvalue weighted by Gasteiger charge is 2.56. The molecule has 1 aromatic rings. The Morgan fingerprint density at radius 3 is 2.27 bits per heavy atom. The van der Waals surface area contributed by atoms with Gasteiger partial charge >= 0.3 is 13.6 Å². The molecule has 0 aromatic heterocycles. The summed E-state index contributed by atoms with van der Waals surface area (Å²) in [5, 5.41) is -0.228. The van der Waals surface area contributed by atoms with Crippen molar-refractivity contribution < 1.29 is 42.1 Å². The first-order valence-corrected chi connectivity index (χ1v) is 12.7. The van der Waals surface area contributed by atoms with Gasteiger partial charge in [0.2, 0.25) is 0 Å². The molecule has 2 fully saturated rings. The van der Waals surface area contributed by atoms with Crippen molar-refractivity contribution in [2.24, 2.45) is 0 Å². The third-order valence-electron chi connectivity index (χ3n) is 5.00. The van der Waals surface area contributed by atoms with E-state index in [4.69, 9.17) is 32.7 Å². The number of esters is 1. The fourth-order valence-corrected chi connectivity index (χ4v) is 5.41. The second-order valence-corrected chi connectivity index (χ2v) is 9.93. The predicted octanol–water partition coefficient (Wildman–Crippen LogP) is 4.16. The van der Waals surface area contributed by atoms with E-state index in [1.807, 2.05) is 30.3 Å². The lowest BCUT2D eigenvalue weighted by Crippen LogP contribution is -2.31. The first-order valence-electron chi connectivity index (χ1n) is 11.2. The molecule has 4 atom stereocenters. The summed E-state index contributed by atoms with van der Waals surface area (Å²) in [5.74, 6) is -1.68. The molecule has 0 bridgehead atoms. The second-order valence-electron chi connectivity index (χ2n) is 7.94. The van der Waals surface area contributed by atoms with Crippen LogP contribution in [0.2, 0.25) is 0 Å². The Balaban J connectivity index is 1.89. The maximum atomic E-state index is 13.5. The zero-order chi connectivity index (χ0) is 24.1. The van der Waals surface area contributed by atoms with Crippen LogP contribution in [0, 0.1) is 0 Å². The second kappa shape index (κ2) is 11.2. The molecule has 184 valence electrons. The maximum Gasteiger partial charge on any atom is 0.368 e. The number of carbonyl (C=O) groups is 1. The lowest BCUT2D eigenvalue weighted by Gasteiger charge is -2.24. The Bertz CT molecular complexity index is 860. The van der Waals surface area contributed by atoms with Crippen molar-refractivity contribution in [1.82, 2.24) is 0 Å². The summed E-state index contributed by atoms with van der Waals surface area (Å²) in [6.45, 7) is 9.14. The number of ether oxygens (including phenoxy) is 5. The minimum Gasteiger partial charge on any atom is -0.462 e. The van der Waals surface area contributed by atoms with Crippen molar-refractivity contribution in [3.05, 3.63) is 47.3 Å². The molecular formula is C23H33O9P. The monoisotopic (exact) mass is 485 g/mol. The van der Waals surface area contributed by atoms with E-state index in [0.29, 0.717) is 6.61 Å². The van der Waals surface area contributed by atoms with Gasteiger partial charge in [-0.25, -0.2) is 4.79 Å². The van der Waals surface area contributed by atoms with Gasteiger partial charge < -0.3 is 32.7 Å². The van der Waals surface area contributed by atoms with E-state index in [-0.39, 0.29) is 25.1 Å². The summed E-state index contributed by atoms with van der Waals surface area (Å²) in [4.78, 5) is 12.8. The molecule has 33 heavy (non-hydrogen) atoms. The van der Waals surface area contributed by atoms with Gasteiger partial charge in [0.05, 0.1) is 26.4 Å². The van der Waals surface area contributed by atoms with E-state index in [1.165, 1.54) is 6.08 Å². The van der Waals surface area contributed by atoms with Gasteiger partial charge in [0.15, 0.2) is 12.1 Å². The summed E-state index contributed by atoms with van der Waals surface area (Å²) in [6.07, 6.45) is -1.31. The molecule has 9 nitrogen and oxygen atoms in total. The molecule has 0 aliphatic carbocycles. The van der Waals surface area contributed by atoms with Gasteiger partial charge in [-0.1, -0.05) is 30.3 Å². The topological polar surface area (TPSA) is 98.8 Å². The van der Waals surface area contributed by atoms with Crippen molar-refractivity contribution >= 4 is 13.6 Å². The van der Waals surface area contributed by atoms with E-state index in [0.717, 1.165) is 5.56 Å². The Morgan fingerprint density at radius 1 is 1.03 bits per heavy atom. The molecule has 0 unspecified atom stereocenters. The Labute approximate surface area is 194 Å². The molecule has 0 saturated carbocycles. The van der Waals surface area contributed by atoms with Gasteiger partial charge in [-0.05, 0) is 46.3 Å². The first kappa shape index (κ1) is 26.0. The standard InChI is InChI=1S/C23H33O9P/c1-6-26-21(24)18(33(25,28-7-2)29-8-3)14-17-19-20(32-23(4,5)31-19)22(30-17)27-15-16-12-10-9-11-13-16/h9-14,17,19-20,22H,6-8,15H2,1-5H3/b18-14+/t17-,19+,20+,22+/m1/s1/i21+1. The molecule has 0 amide bonds. The number of fused-ring (bicyclic) bond motifs is 1. The molecule has 2 saturated heterocycles. The fourth-order valence-electron chi connectivity index (χ4n) is 3.76. The van der Waals surface area contributed by atoms with Crippen LogP contribution >= 0.6 is 7.60 Å². The summed E-state index contributed by atoms with van der Waals surface area (Å²) < 4.78 is 53.5. The van der Waals surface area contributed by atoms with Crippen LogP contribution in [0.25, 0.3) is 0 Å². The summed E-state index contributed by atoms with van der Waals surface area (Å²) in [7, 11) is -3.95. The molecule has 2 aliphatic rings. The van der Waals surface area contributed by atoms with Gasteiger partial charge in [-0.3, -0.25) is 4.57 Å². The van der Waals surface area contributed by atoms with Crippen molar-refractivity contribution in [1.29, 1.82) is 0 Å². The van der Waals surface area contributed by atoms with Crippen LogP contribution < -0.4 is 0 Å². The van der Waals surface area contributed by atoms with Gasteiger partial charge in [-0.2, -0.15) is 0 Å². The van der Waals surface area contributed by atoms with Crippen LogP contribution in [0.4, 0.5) is 0 Å². The average molecular weight is 485 g/mol. The molecular weight excluding hydrogens is 452 g/mol. The smallest absolute Gasteiger partial charge is 0.368 e. The van der Waals surface area contributed by atoms with E-state index >= 15 is 0 Å². The third kappa shape index (κ3) is 6.31. The zero-order valence-electron chi connectivity index (χ0n) is 19.7. The third-order valence-corrected chi connectivity index (χ3v) is 7.12. The van der Waals surface area contributed by atoms with E-state index in [2.05, 4.69) is 0 Å². The SMILES string of the molecule is CCO[13C](=O)/C(=C\[C@H]1O[C@H](OCc2ccccc2)[C@H]2OC(C)(C)O[C@H]21)P(=O)(OCC)OCC. The summed E-state index contributed by atoms with van der Waals surface area (Å²) >= 11 is 0. The molecule has 0 radical (unpaired) electrons. The van der Waals surface area contributed by atoms with Gasteiger partial charge in [0, 0.05) is 0 Å². The quantitative estimate of drug-likeness (QED) is 0.198. The van der Waals surface area contributed by atoms with Gasteiger partial charge in [0.25, 0.3) is 0 Å². The molecule has 0 spiro atoms. The van der Waals surface area contributed by atoms with Crippen LogP contribution in [0.3, 0.4) is 0 Å². The van der Waals surface area contributed by atoms with Crippen LogP contribution in [0.1, 0.15) is 40.2 Å². The zero-order valence-corrected chi connectivity index (χ0v) is 20.6. The normalized spacial score (nSPS) is 26.9. The number of rotatable bonds is 11. The molecule has 1 aromatic carbocycles. The Morgan fingerprint density at radius 2 is 1.67 bits per heavy atom. The lowest BCUT2D eigenvalue weighted by molar-refractivity contribution is -0.231. The van der Waals surface area contributed by atoms with E-state index in [9.17, 15) is 9.36 Å². The van der Waals surface area contributed by atoms with Crippen LogP contribution in [-0.2, 0) is 48.7 Å². The first-order chi connectivity index (χ1) is 15.7. The van der Waals surface area contributed by atoms with E-state index < -0.39 is 44.0 Å². The highest BCUT2D eigenvalue weighted by atomic mass is 31.2. The summed E-state index contributed by atoms with van der Waals surface area (Å²) in [6, 6.07) is 9.66. The minimum atomic E-state index is -3.95. The van der Waals surface area contributed by atoms with Gasteiger partial charge in [-0.15, -0.1) is 0 Å². The van der Waals surface area contributed by atoms with Crippen LogP contribution in [-0.4, -0.2) is 56.2 Å². The van der Waals surface area contributed by atoms with Crippen molar-refractivity contribution in [3.8, 4) is 0 Å². The highest BCUT2D eigenvalue weighted by Crippen LogP contribution is 2.57. The highest BCUT2D eigenvalue weighted by molar-refractivity contribution is 7.59. The molecule has 0 N–H and O–H groups in total. The Hall–Kier alpha value is -1.58. The number of benzene rings is 1. The van der Waals surface area contributed by atoms with E-state index in [1.54, 1.807) is 34.6 Å². The molecule has 10 heteroatoms.